The molecule has 1 N–H and O–H groups in total. The maximum Gasteiger partial charge on any atom is 0.412 e. The van der Waals surface area contributed by atoms with Crippen LogP contribution in [0.2, 0.25) is 0 Å². The van der Waals surface area contributed by atoms with Crippen LogP contribution in [-0.2, 0) is 29.0 Å². The number of benzene rings is 2. The summed E-state index contributed by atoms with van der Waals surface area (Å²) in [6, 6.07) is 21.0. The van der Waals surface area contributed by atoms with Gasteiger partial charge in [-0.15, -0.1) is 11.8 Å². The molecule has 1 aliphatic heterocycles. The zero-order valence-electron chi connectivity index (χ0n) is 18.1. The maximum absolute atomic E-state index is 13.3. The summed E-state index contributed by atoms with van der Waals surface area (Å²) in [4.78, 5) is 32.2. The number of aromatic nitrogens is 1. The lowest BCUT2D eigenvalue weighted by atomic mass is 10.1. The number of thioether (sulfide) groups is 1. The Morgan fingerprint density at radius 1 is 0.970 bits per heavy atom. The van der Waals surface area contributed by atoms with Crippen molar-refractivity contribution in [2.45, 2.75) is 36.9 Å². The van der Waals surface area contributed by atoms with E-state index in [-0.39, 0.29) is 23.9 Å². The second kappa shape index (κ2) is 9.67. The summed E-state index contributed by atoms with van der Waals surface area (Å²) in [6.45, 7) is 0.163. The number of rotatable bonds is 5. The molecular formula is C26H25N3O3S. The average Bonchev–Trinajstić information content (AvgIpc) is 3.48. The number of carbonyl (C=O) groups is 2. The van der Waals surface area contributed by atoms with Crippen LogP contribution in [0, 0.1) is 0 Å². The molecule has 1 aliphatic carbocycles. The highest BCUT2D eigenvalue weighted by Gasteiger charge is 2.44. The van der Waals surface area contributed by atoms with Crippen LogP contribution in [0.1, 0.15) is 27.6 Å². The third-order valence-electron chi connectivity index (χ3n) is 6.11. The van der Waals surface area contributed by atoms with E-state index in [1.54, 1.807) is 29.1 Å². The molecule has 2 aliphatic rings. The predicted molar refractivity (Wildman–Crippen MR) is 127 cm³/mol. The van der Waals surface area contributed by atoms with E-state index in [9.17, 15) is 9.59 Å². The van der Waals surface area contributed by atoms with Crippen molar-refractivity contribution in [3.8, 4) is 0 Å². The first-order valence-electron chi connectivity index (χ1n) is 11.1. The number of nitrogens with zero attached hydrogens (tertiary/aromatic N) is 2. The van der Waals surface area contributed by atoms with Crippen LogP contribution in [0.3, 0.4) is 0 Å². The molecule has 0 saturated carbocycles. The first-order chi connectivity index (χ1) is 16.2. The summed E-state index contributed by atoms with van der Waals surface area (Å²) in [5.74, 6) is 0.382. The van der Waals surface area contributed by atoms with Crippen LogP contribution >= 0.6 is 11.8 Å². The number of hydrogen-bond donors (Lipinski definition) is 1. The topological polar surface area (TPSA) is 71.5 Å². The highest BCUT2D eigenvalue weighted by molar-refractivity contribution is 7.99. The zero-order chi connectivity index (χ0) is 22.6. The fourth-order valence-corrected chi connectivity index (χ4v) is 5.89. The summed E-state index contributed by atoms with van der Waals surface area (Å²) < 4.78 is 5.64. The molecule has 2 amide bonds. The van der Waals surface area contributed by atoms with Gasteiger partial charge >= 0.3 is 6.09 Å². The second-order valence-corrected chi connectivity index (χ2v) is 9.43. The smallest absolute Gasteiger partial charge is 0.412 e. The summed E-state index contributed by atoms with van der Waals surface area (Å²) >= 11 is 1.57. The van der Waals surface area contributed by atoms with Crippen molar-refractivity contribution in [3.05, 3.63) is 101 Å². The molecule has 1 fully saturated rings. The Labute approximate surface area is 197 Å². The van der Waals surface area contributed by atoms with Gasteiger partial charge < -0.3 is 10.1 Å². The summed E-state index contributed by atoms with van der Waals surface area (Å²) in [7, 11) is 0. The van der Waals surface area contributed by atoms with E-state index < -0.39 is 12.1 Å². The van der Waals surface area contributed by atoms with E-state index >= 15 is 0 Å². The first kappa shape index (κ1) is 21.5. The van der Waals surface area contributed by atoms with Crippen LogP contribution in [0.4, 0.5) is 4.79 Å². The Kier molecular flexibility index (Phi) is 6.30. The SMILES string of the molecule is O=C(NC1Cc2ccccc2C1)[C@@H]1CSC(c2ccncc2)N1C(=O)OCc1ccccc1. The van der Waals surface area contributed by atoms with Gasteiger partial charge in [-0.2, -0.15) is 0 Å². The van der Waals surface area contributed by atoms with Crippen molar-refractivity contribution < 1.29 is 14.3 Å². The summed E-state index contributed by atoms with van der Waals surface area (Å²) in [5, 5.41) is 2.89. The zero-order valence-corrected chi connectivity index (χ0v) is 18.9. The van der Waals surface area contributed by atoms with Crippen molar-refractivity contribution >= 4 is 23.8 Å². The highest BCUT2D eigenvalue weighted by atomic mass is 32.2. The van der Waals surface area contributed by atoms with Crippen molar-refractivity contribution in [1.29, 1.82) is 0 Å². The number of ether oxygens (including phenoxy) is 1. The van der Waals surface area contributed by atoms with Gasteiger partial charge in [-0.05, 0) is 47.2 Å². The first-order valence-corrected chi connectivity index (χ1v) is 12.1. The van der Waals surface area contributed by atoms with Gasteiger partial charge in [-0.1, -0.05) is 54.6 Å². The van der Waals surface area contributed by atoms with E-state index in [0.717, 1.165) is 24.0 Å². The van der Waals surface area contributed by atoms with Gasteiger partial charge in [-0.25, -0.2) is 4.79 Å². The minimum atomic E-state index is -0.597. The lowest BCUT2D eigenvalue weighted by molar-refractivity contribution is -0.125. The van der Waals surface area contributed by atoms with Crippen LogP contribution in [0.5, 0.6) is 0 Å². The fourth-order valence-electron chi connectivity index (χ4n) is 4.47. The molecule has 0 radical (unpaired) electrons. The highest BCUT2D eigenvalue weighted by Crippen LogP contribution is 2.41. The normalized spacial score (nSPS) is 19.8. The second-order valence-electron chi connectivity index (χ2n) is 8.31. The molecule has 0 bridgehead atoms. The molecule has 7 heteroatoms. The van der Waals surface area contributed by atoms with Crippen molar-refractivity contribution in [2.24, 2.45) is 0 Å². The van der Waals surface area contributed by atoms with Crippen molar-refractivity contribution in [3.63, 3.8) is 0 Å². The minimum absolute atomic E-state index is 0.0436. The molecule has 1 aromatic heterocycles. The van der Waals surface area contributed by atoms with Gasteiger partial charge in [0.15, 0.2) is 0 Å². The molecule has 5 rings (SSSR count). The molecule has 1 unspecified atom stereocenters. The molecule has 168 valence electrons. The number of hydrogen-bond acceptors (Lipinski definition) is 5. The van der Waals surface area contributed by atoms with Crippen LogP contribution in [-0.4, -0.2) is 39.7 Å². The molecule has 2 aromatic carbocycles. The number of pyridine rings is 1. The van der Waals surface area contributed by atoms with Gasteiger partial charge in [0.05, 0.1) is 0 Å². The summed E-state index contributed by atoms with van der Waals surface area (Å²) in [5.41, 5.74) is 4.38. The minimum Gasteiger partial charge on any atom is -0.444 e. The largest absolute Gasteiger partial charge is 0.444 e. The maximum atomic E-state index is 13.3. The lowest BCUT2D eigenvalue weighted by Crippen LogP contribution is -2.50. The number of carbonyl (C=O) groups excluding carboxylic acids is 2. The standard InChI is InChI=1S/C26H25N3O3S/c30-24(28-22-14-20-8-4-5-9-21(20)15-22)23-17-33-25(19-10-12-27-13-11-19)29(23)26(31)32-16-18-6-2-1-3-7-18/h1-13,22-23,25H,14-17H2,(H,28,30)/t23-,25?/m0/s1. The average molecular weight is 460 g/mol. The molecular weight excluding hydrogens is 434 g/mol. The van der Waals surface area contributed by atoms with Crippen LogP contribution in [0.25, 0.3) is 0 Å². The molecule has 6 nitrogen and oxygen atoms in total. The van der Waals surface area contributed by atoms with Gasteiger partial charge in [-0.3, -0.25) is 14.7 Å². The molecule has 0 spiro atoms. The van der Waals surface area contributed by atoms with E-state index in [4.69, 9.17) is 4.74 Å². The Hall–Kier alpha value is -3.32. The Morgan fingerprint density at radius 2 is 1.64 bits per heavy atom. The third-order valence-corrected chi connectivity index (χ3v) is 7.43. The van der Waals surface area contributed by atoms with Gasteiger partial charge in [0, 0.05) is 24.2 Å². The van der Waals surface area contributed by atoms with E-state index in [1.165, 1.54) is 11.1 Å². The van der Waals surface area contributed by atoms with Gasteiger partial charge in [0.2, 0.25) is 5.91 Å². The summed E-state index contributed by atoms with van der Waals surface area (Å²) in [6.07, 6.45) is 4.54. The molecule has 1 saturated heterocycles. The lowest BCUT2D eigenvalue weighted by Gasteiger charge is -2.29. The predicted octanol–water partition coefficient (Wildman–Crippen LogP) is 4.12. The number of nitrogens with one attached hydrogen (secondary N) is 1. The molecule has 33 heavy (non-hydrogen) atoms. The number of amides is 2. The fraction of sp³-hybridized carbons (Fsp3) is 0.269. The van der Waals surface area contributed by atoms with Crippen LogP contribution in [0.15, 0.2) is 79.1 Å². The third kappa shape index (κ3) is 4.73. The van der Waals surface area contributed by atoms with E-state index in [0.29, 0.717) is 5.75 Å². The molecule has 3 aromatic rings. The van der Waals surface area contributed by atoms with Gasteiger partial charge in [0.25, 0.3) is 0 Å². The Bertz CT molecular complexity index is 1100. The molecule has 2 heterocycles. The molecule has 2 atom stereocenters. The van der Waals surface area contributed by atoms with E-state index in [1.807, 2.05) is 54.6 Å². The van der Waals surface area contributed by atoms with Crippen LogP contribution < -0.4 is 5.32 Å². The monoisotopic (exact) mass is 459 g/mol. The quantitative estimate of drug-likeness (QED) is 0.622. The van der Waals surface area contributed by atoms with Crippen molar-refractivity contribution in [1.82, 2.24) is 15.2 Å². The number of fused-ring (bicyclic) bond motifs is 1. The van der Waals surface area contributed by atoms with E-state index in [2.05, 4.69) is 22.4 Å². The Morgan fingerprint density at radius 3 is 2.33 bits per heavy atom. The Balaban J connectivity index is 1.31. The van der Waals surface area contributed by atoms with Crippen molar-refractivity contribution in [2.75, 3.05) is 5.75 Å². The van der Waals surface area contributed by atoms with Gasteiger partial charge in [0.1, 0.15) is 18.0 Å².